The summed E-state index contributed by atoms with van der Waals surface area (Å²) in [4.78, 5) is 8.81. The summed E-state index contributed by atoms with van der Waals surface area (Å²) in [6.07, 6.45) is 4.21. The lowest BCUT2D eigenvalue weighted by atomic mass is 9.96. The van der Waals surface area contributed by atoms with Crippen LogP contribution in [0.25, 0.3) is 17.2 Å². The second kappa shape index (κ2) is 13.3. The summed E-state index contributed by atoms with van der Waals surface area (Å²) in [5, 5.41) is 20.1. The number of methoxy groups -OCH3 is 1. The Hall–Kier alpha value is -2.31. The van der Waals surface area contributed by atoms with Gasteiger partial charge in [0.15, 0.2) is 0 Å². The molecule has 0 radical (unpaired) electrons. The average Bonchev–Trinajstić information content (AvgIpc) is 2.83. The van der Waals surface area contributed by atoms with Crippen molar-refractivity contribution in [3.63, 3.8) is 0 Å². The molecule has 0 aliphatic carbocycles. The molecule has 176 valence electrons. The van der Waals surface area contributed by atoms with Crippen LogP contribution in [0.3, 0.4) is 0 Å². The molecule has 4 N–H and O–H groups in total. The predicted octanol–water partition coefficient (Wildman–Crippen LogP) is 4.57. The summed E-state index contributed by atoms with van der Waals surface area (Å²) >= 11 is 0. The van der Waals surface area contributed by atoms with E-state index in [1.165, 1.54) is 5.48 Å². The Morgan fingerprint density at radius 1 is 1.09 bits per heavy atom. The van der Waals surface area contributed by atoms with Crippen molar-refractivity contribution in [2.24, 2.45) is 0 Å². The van der Waals surface area contributed by atoms with Gasteiger partial charge in [0, 0.05) is 6.54 Å². The standard InChI is InChI=1S/C21H25FNO2P.C2H6.CH3NO2/c1-20(24)19(22)26-21(20,2)23-14-4-5-15-6-8-16(9-7-15)17-10-12-18(25-3)13-11-17;1-2;3-1-2-4/h4-13,19,23-24,26H,14H2,1-3H3;1-2H3;1,4H,(H,2,3)/b5-4+;;/t19?,20-,21+;;/m1../s1. The molecule has 0 aromatic heterocycles. The predicted molar refractivity (Wildman–Crippen MR) is 130 cm³/mol. The van der Waals surface area contributed by atoms with Crippen LogP contribution < -0.4 is 15.5 Å². The molecule has 1 aliphatic rings. The van der Waals surface area contributed by atoms with Gasteiger partial charge in [0.05, 0.1) is 12.4 Å². The SMILES string of the molecule is CC.COc1ccc(-c2ccc(/C=C/CN[C@@]3(C)PC(F)[C@@]3(C)O)cc2)cc1.O=CNO. The molecule has 32 heavy (non-hydrogen) atoms. The van der Waals surface area contributed by atoms with E-state index in [1.54, 1.807) is 14.0 Å². The van der Waals surface area contributed by atoms with E-state index in [0.29, 0.717) is 6.54 Å². The number of benzene rings is 2. The minimum Gasteiger partial charge on any atom is -0.497 e. The van der Waals surface area contributed by atoms with Gasteiger partial charge in [-0.1, -0.05) is 71.0 Å². The van der Waals surface area contributed by atoms with Crippen molar-refractivity contribution in [2.75, 3.05) is 13.7 Å². The van der Waals surface area contributed by atoms with Gasteiger partial charge in [-0.05, 0) is 42.7 Å². The van der Waals surface area contributed by atoms with Crippen LogP contribution in [0.1, 0.15) is 33.3 Å². The fourth-order valence-electron chi connectivity index (χ4n) is 2.97. The van der Waals surface area contributed by atoms with Crippen LogP contribution in [0.5, 0.6) is 5.75 Å². The monoisotopic (exact) mass is 464 g/mol. The Labute approximate surface area is 191 Å². The van der Waals surface area contributed by atoms with Crippen LogP contribution in [0, 0.1) is 0 Å². The minimum atomic E-state index is -1.29. The van der Waals surface area contributed by atoms with E-state index in [9.17, 15) is 9.50 Å². The first-order chi connectivity index (χ1) is 15.3. The average molecular weight is 465 g/mol. The topological polar surface area (TPSA) is 90.8 Å². The van der Waals surface area contributed by atoms with E-state index < -0.39 is 16.8 Å². The fourth-order valence-corrected chi connectivity index (χ4v) is 4.45. The van der Waals surface area contributed by atoms with Gasteiger partial charge in [0.25, 0.3) is 0 Å². The molecule has 3 rings (SSSR count). The van der Waals surface area contributed by atoms with Crippen LogP contribution in [-0.4, -0.2) is 47.2 Å². The second-order valence-electron chi connectivity index (χ2n) is 7.16. The zero-order valence-electron chi connectivity index (χ0n) is 19.2. The molecule has 0 saturated carbocycles. The maximum Gasteiger partial charge on any atom is 0.230 e. The van der Waals surface area contributed by atoms with Gasteiger partial charge < -0.3 is 15.2 Å². The van der Waals surface area contributed by atoms with E-state index in [2.05, 4.69) is 29.6 Å². The highest BCUT2D eigenvalue weighted by Gasteiger charge is 2.60. The Balaban J connectivity index is 0.000000769. The van der Waals surface area contributed by atoms with Crippen LogP contribution in [0.4, 0.5) is 4.39 Å². The number of ether oxygens (including phenoxy) is 1. The molecule has 6 nitrogen and oxygen atoms in total. The van der Waals surface area contributed by atoms with Crippen molar-refractivity contribution in [1.82, 2.24) is 10.8 Å². The van der Waals surface area contributed by atoms with Gasteiger partial charge in [-0.2, -0.15) is 0 Å². The van der Waals surface area contributed by atoms with E-state index in [4.69, 9.17) is 14.7 Å². The summed E-state index contributed by atoms with van der Waals surface area (Å²) in [6.45, 7) is 8.02. The lowest BCUT2D eigenvalue weighted by Crippen LogP contribution is -2.68. The number of carbonyl (C=O) groups excluding carboxylic acids is 1. The number of hydrogen-bond donors (Lipinski definition) is 4. The van der Waals surface area contributed by atoms with E-state index in [0.717, 1.165) is 22.4 Å². The molecule has 2 unspecified atom stereocenters. The highest BCUT2D eigenvalue weighted by atomic mass is 31.1. The van der Waals surface area contributed by atoms with Gasteiger partial charge in [-0.15, -0.1) is 0 Å². The molecule has 1 fully saturated rings. The number of nitrogens with one attached hydrogen (secondary N) is 2. The molecule has 1 saturated heterocycles. The molecule has 2 aromatic carbocycles. The van der Waals surface area contributed by atoms with Crippen molar-refractivity contribution >= 4 is 21.1 Å². The maximum atomic E-state index is 13.5. The zero-order valence-corrected chi connectivity index (χ0v) is 20.2. The van der Waals surface area contributed by atoms with Gasteiger partial charge in [-0.25, -0.2) is 9.87 Å². The summed E-state index contributed by atoms with van der Waals surface area (Å²) in [5.74, 6) is -0.283. The number of hydroxylamine groups is 1. The zero-order chi connectivity index (χ0) is 24.2. The van der Waals surface area contributed by atoms with Crippen molar-refractivity contribution in [3.05, 3.63) is 60.2 Å². The Morgan fingerprint density at radius 2 is 1.59 bits per heavy atom. The third-order valence-corrected chi connectivity index (χ3v) is 7.27. The Bertz CT molecular complexity index is 844. The molecule has 1 aliphatic heterocycles. The number of amides is 1. The molecule has 1 heterocycles. The first kappa shape index (κ1) is 27.7. The first-order valence-electron chi connectivity index (χ1n) is 10.4. The van der Waals surface area contributed by atoms with Crippen molar-refractivity contribution in [2.45, 2.75) is 44.5 Å². The number of alkyl halides is 1. The number of halogens is 1. The second-order valence-corrected chi connectivity index (χ2v) is 8.96. The maximum absolute atomic E-state index is 13.5. The summed E-state index contributed by atoms with van der Waals surface area (Å²) in [7, 11) is 1.74. The Morgan fingerprint density at radius 3 is 2.00 bits per heavy atom. The van der Waals surface area contributed by atoms with E-state index in [-0.39, 0.29) is 15.0 Å². The normalized spacial score (nSPS) is 24.4. The molecule has 0 spiro atoms. The lowest BCUT2D eigenvalue weighted by molar-refractivity contribution is -0.116. The molecule has 4 atom stereocenters. The minimum absolute atomic E-state index is 0.0784. The van der Waals surface area contributed by atoms with Crippen LogP contribution in [0.2, 0.25) is 0 Å². The smallest absolute Gasteiger partial charge is 0.230 e. The molecule has 2 aromatic rings. The summed E-state index contributed by atoms with van der Waals surface area (Å²) < 4.78 is 18.7. The molecule has 0 bridgehead atoms. The quantitative estimate of drug-likeness (QED) is 0.209. The van der Waals surface area contributed by atoms with Gasteiger partial charge >= 0.3 is 0 Å². The molecule has 8 heteroatoms. The van der Waals surface area contributed by atoms with Gasteiger partial charge in [-0.3, -0.25) is 10.0 Å². The van der Waals surface area contributed by atoms with Crippen LogP contribution in [-0.2, 0) is 4.79 Å². The first-order valence-corrected chi connectivity index (χ1v) is 11.5. The van der Waals surface area contributed by atoms with Gasteiger partial charge in [0.2, 0.25) is 6.41 Å². The fraction of sp³-hybridized carbons (Fsp3) is 0.375. The summed E-state index contributed by atoms with van der Waals surface area (Å²) in [5.41, 5.74) is 3.35. The van der Waals surface area contributed by atoms with Crippen molar-refractivity contribution in [1.29, 1.82) is 0 Å². The number of hydrogen-bond acceptors (Lipinski definition) is 5. The Kier molecular flexibility index (Phi) is 11.5. The van der Waals surface area contributed by atoms with Crippen molar-refractivity contribution < 1.29 is 24.2 Å². The number of aliphatic hydroxyl groups is 1. The highest BCUT2D eigenvalue weighted by molar-refractivity contribution is 7.43. The van der Waals surface area contributed by atoms with Crippen molar-refractivity contribution in [3.8, 4) is 16.9 Å². The lowest BCUT2D eigenvalue weighted by Gasteiger charge is -2.55. The number of rotatable bonds is 7. The molecular weight excluding hydrogens is 430 g/mol. The largest absolute Gasteiger partial charge is 0.497 e. The number of carbonyl (C=O) groups is 1. The van der Waals surface area contributed by atoms with Crippen LogP contribution >= 0.6 is 8.58 Å². The third kappa shape index (κ3) is 7.10. The van der Waals surface area contributed by atoms with E-state index >= 15 is 0 Å². The molecule has 1 amide bonds. The molecular formula is C24H34FN2O4P. The third-order valence-electron chi connectivity index (χ3n) is 5.19. The van der Waals surface area contributed by atoms with E-state index in [1.807, 2.05) is 57.2 Å². The highest BCUT2D eigenvalue weighted by Crippen LogP contribution is 2.58. The van der Waals surface area contributed by atoms with Gasteiger partial charge in [0.1, 0.15) is 17.3 Å². The van der Waals surface area contributed by atoms with Crippen LogP contribution in [0.15, 0.2) is 54.6 Å². The summed E-state index contributed by atoms with van der Waals surface area (Å²) in [6, 6.07) is 16.3.